The predicted octanol–water partition coefficient (Wildman–Crippen LogP) is 2.63. The van der Waals surface area contributed by atoms with Crippen molar-refractivity contribution in [3.8, 4) is 34.3 Å². The van der Waals surface area contributed by atoms with E-state index in [4.69, 9.17) is 18.9 Å². The van der Waals surface area contributed by atoms with Crippen LogP contribution < -0.4 is 18.8 Å². The average Bonchev–Trinajstić information content (AvgIpc) is 3.26. The van der Waals surface area contributed by atoms with Gasteiger partial charge in [0.15, 0.2) is 35.7 Å². The minimum absolute atomic E-state index is 0.190. The van der Waals surface area contributed by atoms with Gasteiger partial charge < -0.3 is 24.1 Å². The molecule has 0 atom stereocenters. The first-order chi connectivity index (χ1) is 15.2. The van der Waals surface area contributed by atoms with E-state index in [1.54, 1.807) is 7.11 Å². The first kappa shape index (κ1) is 18.7. The lowest BCUT2D eigenvalue weighted by molar-refractivity contribution is -0.686. The molecule has 7 heteroatoms. The molecule has 0 bridgehead atoms. The van der Waals surface area contributed by atoms with E-state index < -0.39 is 0 Å². The monoisotopic (exact) mass is 421 g/mol. The Morgan fingerprint density at radius 2 is 1.87 bits per heavy atom. The summed E-state index contributed by atoms with van der Waals surface area (Å²) in [5, 5.41) is 12.8. The summed E-state index contributed by atoms with van der Waals surface area (Å²) in [6, 6.07) is 8.35. The highest BCUT2D eigenvalue weighted by Gasteiger charge is 2.29. The van der Waals surface area contributed by atoms with Crippen LogP contribution in [0.5, 0.6) is 23.0 Å². The summed E-state index contributed by atoms with van der Waals surface area (Å²) < 4.78 is 24.4. The van der Waals surface area contributed by atoms with Gasteiger partial charge in [0, 0.05) is 37.5 Å². The molecule has 1 aromatic heterocycles. The number of phenolic OH excluding ortho intramolecular Hbond substituents is 1. The van der Waals surface area contributed by atoms with E-state index in [2.05, 4.69) is 33.9 Å². The fourth-order valence-corrected chi connectivity index (χ4v) is 4.86. The molecule has 3 aliphatic rings. The Bertz CT molecular complexity index is 1190. The smallest absolute Gasteiger partial charge is 0.231 e. The lowest BCUT2D eigenvalue weighted by atomic mass is 9.94. The summed E-state index contributed by atoms with van der Waals surface area (Å²) in [5.74, 6) is 2.31. The number of ether oxygens (including phenoxy) is 4. The molecule has 0 amide bonds. The van der Waals surface area contributed by atoms with Crippen molar-refractivity contribution in [3.63, 3.8) is 0 Å². The van der Waals surface area contributed by atoms with Crippen LogP contribution in [0.15, 0.2) is 30.5 Å². The molecule has 1 N–H and O–H groups in total. The predicted molar refractivity (Wildman–Crippen MR) is 114 cm³/mol. The summed E-state index contributed by atoms with van der Waals surface area (Å²) in [6.07, 6.45) is 2.96. The van der Waals surface area contributed by atoms with Gasteiger partial charge in [0.1, 0.15) is 0 Å². The third-order valence-corrected chi connectivity index (χ3v) is 6.52. The van der Waals surface area contributed by atoms with Crippen LogP contribution in [0.4, 0.5) is 0 Å². The maximum Gasteiger partial charge on any atom is 0.231 e. The number of phenols is 1. The first-order valence-corrected chi connectivity index (χ1v) is 10.7. The Morgan fingerprint density at radius 1 is 1.06 bits per heavy atom. The van der Waals surface area contributed by atoms with Gasteiger partial charge in [-0.2, -0.15) is 4.57 Å². The number of fused-ring (bicyclic) bond motifs is 5. The molecule has 1 saturated heterocycles. The number of aromatic hydroxyl groups is 1. The summed E-state index contributed by atoms with van der Waals surface area (Å²) in [6.45, 7) is 5.19. The number of benzene rings is 2. The molecule has 7 nitrogen and oxygen atoms in total. The molecular formula is C24H25N2O5+. The van der Waals surface area contributed by atoms with E-state index in [0.29, 0.717) is 5.75 Å². The molecule has 0 spiro atoms. The molecular weight excluding hydrogens is 396 g/mol. The van der Waals surface area contributed by atoms with Crippen molar-refractivity contribution < 1.29 is 28.6 Å². The van der Waals surface area contributed by atoms with E-state index in [1.807, 2.05) is 6.07 Å². The van der Waals surface area contributed by atoms with Crippen LogP contribution in [0.1, 0.15) is 11.1 Å². The van der Waals surface area contributed by atoms with E-state index >= 15 is 0 Å². The van der Waals surface area contributed by atoms with Crippen molar-refractivity contribution in [2.45, 2.75) is 19.5 Å². The number of hydrogen-bond acceptors (Lipinski definition) is 6. The SMILES string of the molecule is COc1cc(CN2CCOCC2)c2cc3[n+](cc2c1O)CCc1cc2c(cc1-3)OCO2. The topological polar surface area (TPSA) is 64.3 Å². The van der Waals surface area contributed by atoms with Crippen molar-refractivity contribution in [2.75, 3.05) is 40.2 Å². The largest absolute Gasteiger partial charge is 0.504 e. The number of aryl methyl sites for hydroxylation is 2. The van der Waals surface area contributed by atoms with Crippen LogP contribution in [0.2, 0.25) is 0 Å². The molecule has 0 saturated carbocycles. The van der Waals surface area contributed by atoms with E-state index in [-0.39, 0.29) is 12.5 Å². The number of morpholine rings is 1. The maximum absolute atomic E-state index is 10.9. The van der Waals surface area contributed by atoms with Gasteiger partial charge in [-0.15, -0.1) is 0 Å². The van der Waals surface area contributed by atoms with Crippen molar-refractivity contribution in [1.82, 2.24) is 4.90 Å². The lowest BCUT2D eigenvalue weighted by Crippen LogP contribution is -2.40. The highest BCUT2D eigenvalue weighted by Crippen LogP contribution is 2.42. The molecule has 3 aromatic rings. The zero-order valence-electron chi connectivity index (χ0n) is 17.5. The summed E-state index contributed by atoms with van der Waals surface area (Å²) in [5.41, 5.74) is 4.68. The van der Waals surface area contributed by atoms with Crippen LogP contribution >= 0.6 is 0 Å². The summed E-state index contributed by atoms with van der Waals surface area (Å²) in [7, 11) is 1.60. The van der Waals surface area contributed by atoms with Crippen LogP contribution in [0.3, 0.4) is 0 Å². The van der Waals surface area contributed by atoms with Gasteiger partial charge in [-0.3, -0.25) is 4.90 Å². The summed E-state index contributed by atoms with van der Waals surface area (Å²) >= 11 is 0. The second-order valence-corrected chi connectivity index (χ2v) is 8.27. The van der Waals surface area contributed by atoms with E-state index in [0.717, 1.165) is 84.9 Å². The van der Waals surface area contributed by atoms with Gasteiger partial charge in [-0.05, 0) is 29.3 Å². The standard InChI is InChI=1S/C24H24N2O5/c1-28-23-9-16(12-25-4-6-29-7-5-25)17-10-20-18-11-22-21(30-14-31-22)8-15(18)2-3-26(20)13-19(17)24(23)27/h8-11,13H,2-7,12,14H2,1H3/p+1. The molecule has 6 rings (SSSR count). The molecule has 2 aromatic carbocycles. The van der Waals surface area contributed by atoms with Gasteiger partial charge >= 0.3 is 0 Å². The number of methoxy groups -OCH3 is 1. The van der Waals surface area contributed by atoms with Gasteiger partial charge in [-0.1, -0.05) is 0 Å². The van der Waals surface area contributed by atoms with Crippen LogP contribution in [-0.2, 0) is 24.2 Å². The molecule has 1 fully saturated rings. The zero-order chi connectivity index (χ0) is 20.9. The Balaban J connectivity index is 1.53. The van der Waals surface area contributed by atoms with Crippen LogP contribution in [0.25, 0.3) is 22.0 Å². The number of pyridine rings is 1. The van der Waals surface area contributed by atoms with Crippen molar-refractivity contribution >= 4 is 10.8 Å². The fraction of sp³-hybridized carbons (Fsp3) is 0.375. The van der Waals surface area contributed by atoms with Gasteiger partial charge in [0.05, 0.1) is 31.3 Å². The minimum Gasteiger partial charge on any atom is -0.504 e. The van der Waals surface area contributed by atoms with Crippen LogP contribution in [0, 0.1) is 0 Å². The lowest BCUT2D eigenvalue weighted by Gasteiger charge is -2.27. The van der Waals surface area contributed by atoms with E-state index in [9.17, 15) is 5.11 Å². The molecule has 3 aliphatic heterocycles. The summed E-state index contributed by atoms with van der Waals surface area (Å²) in [4.78, 5) is 2.38. The Labute approximate surface area is 180 Å². The molecule has 160 valence electrons. The number of nitrogens with zero attached hydrogens (tertiary/aromatic N) is 2. The van der Waals surface area contributed by atoms with Crippen molar-refractivity contribution in [2.24, 2.45) is 0 Å². The van der Waals surface area contributed by atoms with E-state index in [1.165, 1.54) is 5.56 Å². The molecule has 31 heavy (non-hydrogen) atoms. The van der Waals surface area contributed by atoms with Gasteiger partial charge in [0.2, 0.25) is 12.5 Å². The van der Waals surface area contributed by atoms with Crippen LogP contribution in [-0.4, -0.2) is 50.2 Å². The number of rotatable bonds is 3. The van der Waals surface area contributed by atoms with Crippen molar-refractivity contribution in [3.05, 3.63) is 41.6 Å². The van der Waals surface area contributed by atoms with Gasteiger partial charge in [-0.25, -0.2) is 0 Å². The second kappa shape index (κ2) is 7.28. The third kappa shape index (κ3) is 3.07. The molecule has 0 aliphatic carbocycles. The average molecular weight is 421 g/mol. The Kier molecular flexibility index (Phi) is 4.40. The Hall–Kier alpha value is -3.03. The molecule has 0 unspecified atom stereocenters. The normalized spacial score (nSPS) is 17.5. The minimum atomic E-state index is 0.190. The fourth-order valence-electron chi connectivity index (χ4n) is 4.86. The maximum atomic E-state index is 10.9. The molecule has 4 heterocycles. The first-order valence-electron chi connectivity index (χ1n) is 10.7. The quantitative estimate of drug-likeness (QED) is 0.656. The highest BCUT2D eigenvalue weighted by atomic mass is 16.7. The molecule has 0 radical (unpaired) electrons. The number of hydrogen-bond donors (Lipinski definition) is 1. The third-order valence-electron chi connectivity index (χ3n) is 6.52. The van der Waals surface area contributed by atoms with Gasteiger partial charge in [0.25, 0.3) is 0 Å². The zero-order valence-corrected chi connectivity index (χ0v) is 17.5. The number of aromatic nitrogens is 1. The van der Waals surface area contributed by atoms with Crippen molar-refractivity contribution in [1.29, 1.82) is 0 Å². The second-order valence-electron chi connectivity index (χ2n) is 8.27. The Morgan fingerprint density at radius 3 is 2.68 bits per heavy atom. The highest BCUT2D eigenvalue weighted by molar-refractivity contribution is 5.94.